The molecule has 2 atom stereocenters. The number of rotatable bonds is 7. The smallest absolute Gasteiger partial charge is 0.410 e. The first kappa shape index (κ1) is 27.1. The summed E-state index contributed by atoms with van der Waals surface area (Å²) in [6.45, 7) is 9.38. The molecular formula is C30H35N3O5. The second-order valence-corrected chi connectivity index (χ2v) is 10.6. The van der Waals surface area contributed by atoms with Gasteiger partial charge in [0, 0.05) is 37.1 Å². The molecule has 1 aliphatic rings. The van der Waals surface area contributed by atoms with Crippen LogP contribution in [-0.4, -0.2) is 53.4 Å². The van der Waals surface area contributed by atoms with Crippen molar-refractivity contribution in [3.8, 4) is 11.8 Å². The Balaban J connectivity index is 1.48. The van der Waals surface area contributed by atoms with Gasteiger partial charge in [-0.2, -0.15) is 5.26 Å². The molecule has 4 rings (SSSR count). The van der Waals surface area contributed by atoms with Crippen LogP contribution < -0.4 is 4.74 Å². The van der Waals surface area contributed by atoms with E-state index in [1.165, 1.54) is 7.11 Å². The van der Waals surface area contributed by atoms with Crippen LogP contribution in [0.5, 0.6) is 5.75 Å². The Morgan fingerprint density at radius 2 is 1.87 bits per heavy atom. The first-order valence-corrected chi connectivity index (χ1v) is 13.0. The molecule has 0 radical (unpaired) electrons. The molecule has 2 aromatic carbocycles. The van der Waals surface area contributed by atoms with Gasteiger partial charge in [-0.25, -0.2) is 4.79 Å². The van der Waals surface area contributed by atoms with Crippen LogP contribution in [0.4, 0.5) is 4.79 Å². The number of hydrogen-bond acceptors (Lipinski definition) is 6. The topological polar surface area (TPSA) is 93.8 Å². The molecule has 1 aromatic heterocycles. The van der Waals surface area contributed by atoms with Crippen molar-refractivity contribution >= 4 is 23.0 Å². The van der Waals surface area contributed by atoms with Crippen LogP contribution >= 0.6 is 0 Å². The Kier molecular flexibility index (Phi) is 7.96. The Hall–Kier alpha value is -3.99. The van der Waals surface area contributed by atoms with Crippen LogP contribution in [-0.2, 0) is 27.2 Å². The minimum atomic E-state index is -0.535. The lowest BCUT2D eigenvalue weighted by atomic mass is 9.94. The van der Waals surface area contributed by atoms with Crippen LogP contribution in [0.1, 0.15) is 56.9 Å². The number of esters is 1. The van der Waals surface area contributed by atoms with Gasteiger partial charge < -0.3 is 23.7 Å². The van der Waals surface area contributed by atoms with Crippen LogP contribution in [0.15, 0.2) is 48.5 Å². The molecule has 8 heteroatoms. The summed E-state index contributed by atoms with van der Waals surface area (Å²) in [6.07, 6.45) is 0.738. The van der Waals surface area contributed by atoms with E-state index in [-0.39, 0.29) is 18.2 Å². The third-order valence-corrected chi connectivity index (χ3v) is 6.72. The maximum atomic E-state index is 12.8. The fourth-order valence-corrected chi connectivity index (χ4v) is 4.90. The minimum Gasteiger partial charge on any atom is -0.489 e. The number of ether oxygens (including phenoxy) is 3. The molecule has 38 heavy (non-hydrogen) atoms. The van der Waals surface area contributed by atoms with E-state index >= 15 is 0 Å². The number of nitriles is 1. The molecule has 2 heterocycles. The Labute approximate surface area is 223 Å². The first-order chi connectivity index (χ1) is 18.1. The highest BCUT2D eigenvalue weighted by atomic mass is 16.6. The van der Waals surface area contributed by atoms with Gasteiger partial charge in [-0.3, -0.25) is 4.79 Å². The van der Waals surface area contributed by atoms with Crippen molar-refractivity contribution < 1.29 is 23.8 Å². The van der Waals surface area contributed by atoms with Crippen molar-refractivity contribution in [2.24, 2.45) is 0 Å². The standard InChI is InChI=1S/C30H35N3O5/c1-6-33-23(16-22-8-7-20(18-31)15-27(22)33)17-26(28(34)36-5)21-9-11-24(12-10-21)37-25-13-14-32(19-25)29(35)38-30(2,3)4/h7-12,15-16,25-26H,6,13-14,17,19H2,1-5H3/t25-,26?/m1/s1. The molecule has 1 unspecified atom stereocenters. The number of aromatic nitrogens is 1. The summed E-state index contributed by atoms with van der Waals surface area (Å²) in [4.78, 5) is 26.9. The van der Waals surface area contributed by atoms with Crippen LogP contribution in [0.3, 0.4) is 0 Å². The maximum Gasteiger partial charge on any atom is 0.410 e. The lowest BCUT2D eigenvalue weighted by Gasteiger charge is -2.24. The van der Waals surface area contributed by atoms with E-state index < -0.39 is 11.5 Å². The van der Waals surface area contributed by atoms with Crippen LogP contribution in [0, 0.1) is 11.3 Å². The molecule has 1 saturated heterocycles. The normalized spacial score (nSPS) is 16.2. The molecule has 200 valence electrons. The van der Waals surface area contributed by atoms with Gasteiger partial charge in [0.2, 0.25) is 0 Å². The molecule has 0 spiro atoms. The number of hydrogen-bond donors (Lipinski definition) is 0. The first-order valence-electron chi connectivity index (χ1n) is 13.0. The number of benzene rings is 2. The average Bonchev–Trinajstić information content (AvgIpc) is 3.50. The summed E-state index contributed by atoms with van der Waals surface area (Å²) in [6, 6.07) is 17.4. The zero-order valence-electron chi connectivity index (χ0n) is 22.7. The van der Waals surface area contributed by atoms with E-state index in [0.717, 1.165) is 35.1 Å². The quantitative estimate of drug-likeness (QED) is 0.389. The summed E-state index contributed by atoms with van der Waals surface area (Å²) < 4.78 is 18.9. The van der Waals surface area contributed by atoms with Crippen molar-refractivity contribution in [1.29, 1.82) is 5.26 Å². The van der Waals surface area contributed by atoms with Gasteiger partial charge in [0.05, 0.1) is 31.2 Å². The van der Waals surface area contributed by atoms with E-state index in [9.17, 15) is 14.9 Å². The molecule has 1 aliphatic heterocycles. The van der Waals surface area contributed by atoms with Gasteiger partial charge in [-0.15, -0.1) is 0 Å². The third kappa shape index (κ3) is 6.10. The summed E-state index contributed by atoms with van der Waals surface area (Å²) >= 11 is 0. The molecule has 0 N–H and O–H groups in total. The fourth-order valence-electron chi connectivity index (χ4n) is 4.90. The van der Waals surface area contributed by atoms with E-state index in [4.69, 9.17) is 14.2 Å². The molecule has 1 amide bonds. The average molecular weight is 518 g/mol. The number of likely N-dealkylation sites (tertiary alicyclic amines) is 1. The lowest BCUT2D eigenvalue weighted by molar-refractivity contribution is -0.142. The largest absolute Gasteiger partial charge is 0.489 e. The SMILES string of the molecule is CCn1c(CC(C(=O)OC)c2ccc(O[C@@H]3CCN(C(=O)OC(C)(C)C)C3)cc2)cc2ccc(C#N)cc21. The van der Waals surface area contributed by atoms with Gasteiger partial charge in [-0.1, -0.05) is 18.2 Å². The summed E-state index contributed by atoms with van der Waals surface area (Å²) in [5.74, 6) is -0.124. The number of amides is 1. The third-order valence-electron chi connectivity index (χ3n) is 6.72. The zero-order chi connectivity index (χ0) is 27.4. The number of fused-ring (bicyclic) bond motifs is 1. The number of aryl methyl sites for hydroxylation is 1. The van der Waals surface area contributed by atoms with Gasteiger partial charge in [0.25, 0.3) is 0 Å². The predicted octanol–water partition coefficient (Wildman–Crippen LogP) is 5.42. The van der Waals surface area contributed by atoms with Crippen molar-refractivity contribution in [1.82, 2.24) is 9.47 Å². The molecular weight excluding hydrogens is 482 g/mol. The van der Waals surface area contributed by atoms with Crippen molar-refractivity contribution in [2.75, 3.05) is 20.2 Å². The summed E-state index contributed by atoms with van der Waals surface area (Å²) in [7, 11) is 1.40. The maximum absolute atomic E-state index is 12.8. The molecule has 3 aromatic rings. The van der Waals surface area contributed by atoms with E-state index in [0.29, 0.717) is 30.8 Å². The zero-order valence-corrected chi connectivity index (χ0v) is 22.7. The van der Waals surface area contributed by atoms with Crippen LogP contribution in [0.25, 0.3) is 10.9 Å². The number of methoxy groups -OCH3 is 1. The predicted molar refractivity (Wildman–Crippen MR) is 144 cm³/mol. The molecule has 8 nitrogen and oxygen atoms in total. The minimum absolute atomic E-state index is 0.122. The number of nitrogens with zero attached hydrogens (tertiary/aromatic N) is 3. The van der Waals surface area contributed by atoms with Gasteiger partial charge >= 0.3 is 12.1 Å². The highest BCUT2D eigenvalue weighted by Gasteiger charge is 2.31. The Morgan fingerprint density at radius 3 is 2.50 bits per heavy atom. The van der Waals surface area contributed by atoms with Crippen molar-refractivity contribution in [3.05, 3.63) is 65.4 Å². The fraction of sp³-hybridized carbons (Fsp3) is 0.433. The van der Waals surface area contributed by atoms with Crippen LogP contribution in [0.2, 0.25) is 0 Å². The monoisotopic (exact) mass is 517 g/mol. The highest BCUT2D eigenvalue weighted by molar-refractivity contribution is 5.84. The summed E-state index contributed by atoms with van der Waals surface area (Å²) in [5, 5.41) is 10.3. The Morgan fingerprint density at radius 1 is 1.13 bits per heavy atom. The highest BCUT2D eigenvalue weighted by Crippen LogP contribution is 2.29. The molecule has 1 fully saturated rings. The number of carbonyl (C=O) groups excluding carboxylic acids is 2. The summed E-state index contributed by atoms with van der Waals surface area (Å²) in [5.41, 5.74) is 2.88. The molecule has 0 bridgehead atoms. The second kappa shape index (κ2) is 11.2. The molecule has 0 aliphatic carbocycles. The van der Waals surface area contributed by atoms with Gasteiger partial charge in [0.1, 0.15) is 17.5 Å². The number of carbonyl (C=O) groups is 2. The second-order valence-electron chi connectivity index (χ2n) is 10.6. The van der Waals surface area contributed by atoms with E-state index in [1.54, 1.807) is 11.0 Å². The van der Waals surface area contributed by atoms with E-state index in [1.807, 2.05) is 64.1 Å². The van der Waals surface area contributed by atoms with Gasteiger partial charge in [0.15, 0.2) is 0 Å². The van der Waals surface area contributed by atoms with E-state index in [2.05, 4.69) is 16.7 Å². The van der Waals surface area contributed by atoms with Crippen molar-refractivity contribution in [3.63, 3.8) is 0 Å². The van der Waals surface area contributed by atoms with Gasteiger partial charge in [-0.05, 0) is 69.0 Å². The lowest BCUT2D eigenvalue weighted by Crippen LogP contribution is -2.36. The van der Waals surface area contributed by atoms with Crippen molar-refractivity contribution in [2.45, 2.75) is 64.7 Å². The molecule has 0 saturated carbocycles. The Bertz CT molecular complexity index is 1350.